The second kappa shape index (κ2) is 7.82. The molecular weight excluding hydrogens is 278 g/mol. The molecule has 0 unspecified atom stereocenters. The number of aliphatic hydroxyl groups excluding tert-OH is 1. The van der Waals surface area contributed by atoms with E-state index < -0.39 is 6.10 Å². The first-order valence-electron chi connectivity index (χ1n) is 7.47. The van der Waals surface area contributed by atoms with Crippen LogP contribution in [-0.4, -0.2) is 28.9 Å². The number of hydrogen-bond donors (Lipinski definition) is 3. The molecule has 0 saturated carbocycles. The second-order valence-electron chi connectivity index (χ2n) is 5.52. The van der Waals surface area contributed by atoms with Crippen molar-refractivity contribution < 1.29 is 14.9 Å². The first-order valence-corrected chi connectivity index (χ1v) is 7.47. The van der Waals surface area contributed by atoms with Crippen LogP contribution < -0.4 is 10.1 Å². The van der Waals surface area contributed by atoms with Gasteiger partial charge < -0.3 is 20.3 Å². The van der Waals surface area contributed by atoms with Gasteiger partial charge >= 0.3 is 0 Å². The molecule has 0 radical (unpaired) electrons. The zero-order valence-electron chi connectivity index (χ0n) is 12.9. The van der Waals surface area contributed by atoms with E-state index in [0.717, 1.165) is 11.3 Å². The number of para-hydroxylation sites is 1. The minimum atomic E-state index is -0.639. The lowest BCUT2D eigenvalue weighted by Gasteiger charge is -2.25. The number of phenolic OH excluding ortho intramolecular Hbond substituents is 1. The third-order valence-electron chi connectivity index (χ3n) is 3.50. The Bertz CT molecular complexity index is 556. The van der Waals surface area contributed by atoms with Crippen LogP contribution in [0.15, 0.2) is 54.6 Å². The van der Waals surface area contributed by atoms with Crippen LogP contribution in [0.5, 0.6) is 11.5 Å². The van der Waals surface area contributed by atoms with Crippen LogP contribution in [0, 0.1) is 0 Å². The number of ether oxygens (including phenoxy) is 1. The van der Waals surface area contributed by atoms with E-state index in [0.29, 0.717) is 6.61 Å². The number of aromatic hydroxyl groups is 1. The van der Waals surface area contributed by atoms with Gasteiger partial charge in [0, 0.05) is 12.1 Å². The third kappa shape index (κ3) is 4.76. The lowest BCUT2D eigenvalue weighted by Crippen LogP contribution is -2.41. The fraction of sp³-hybridized carbons (Fsp3) is 0.333. The minimum Gasteiger partial charge on any atom is -0.508 e. The molecule has 0 amide bonds. The number of rotatable bonds is 7. The molecule has 22 heavy (non-hydrogen) atoms. The smallest absolute Gasteiger partial charge is 0.119 e. The van der Waals surface area contributed by atoms with Gasteiger partial charge in [-0.25, -0.2) is 0 Å². The van der Waals surface area contributed by atoms with Gasteiger partial charge in [-0.15, -0.1) is 0 Å². The van der Waals surface area contributed by atoms with Gasteiger partial charge in [0.05, 0.1) is 6.10 Å². The summed E-state index contributed by atoms with van der Waals surface area (Å²) in [4.78, 5) is 0. The summed E-state index contributed by atoms with van der Waals surface area (Å²) >= 11 is 0. The van der Waals surface area contributed by atoms with E-state index in [9.17, 15) is 10.2 Å². The van der Waals surface area contributed by atoms with Crippen molar-refractivity contribution in [2.75, 3.05) is 6.61 Å². The maximum absolute atomic E-state index is 10.3. The topological polar surface area (TPSA) is 61.7 Å². The summed E-state index contributed by atoms with van der Waals surface area (Å²) in [5, 5.41) is 22.9. The molecule has 0 aliphatic carbocycles. The highest BCUT2D eigenvalue weighted by Crippen LogP contribution is 2.20. The van der Waals surface area contributed by atoms with Crippen molar-refractivity contribution in [2.45, 2.75) is 32.0 Å². The van der Waals surface area contributed by atoms with Crippen molar-refractivity contribution in [1.29, 1.82) is 0 Å². The van der Waals surface area contributed by atoms with E-state index in [4.69, 9.17) is 4.74 Å². The van der Waals surface area contributed by atoms with Crippen LogP contribution in [0.4, 0.5) is 0 Å². The zero-order valence-corrected chi connectivity index (χ0v) is 12.9. The molecule has 0 aliphatic rings. The van der Waals surface area contributed by atoms with Crippen LogP contribution >= 0.6 is 0 Å². The van der Waals surface area contributed by atoms with Gasteiger partial charge in [0.25, 0.3) is 0 Å². The summed E-state index contributed by atoms with van der Waals surface area (Å²) in [6.45, 7) is 4.47. The number of benzene rings is 2. The molecule has 0 saturated heterocycles. The van der Waals surface area contributed by atoms with Crippen LogP contribution in [0.3, 0.4) is 0 Å². The summed E-state index contributed by atoms with van der Waals surface area (Å²) in [7, 11) is 0. The van der Waals surface area contributed by atoms with E-state index in [-0.39, 0.29) is 17.8 Å². The van der Waals surface area contributed by atoms with Gasteiger partial charge in [-0.05, 0) is 43.7 Å². The molecule has 4 heteroatoms. The van der Waals surface area contributed by atoms with E-state index in [2.05, 4.69) is 5.32 Å². The van der Waals surface area contributed by atoms with Crippen molar-refractivity contribution in [1.82, 2.24) is 5.32 Å². The van der Waals surface area contributed by atoms with Gasteiger partial charge in [-0.3, -0.25) is 0 Å². The van der Waals surface area contributed by atoms with Gasteiger partial charge in [0.15, 0.2) is 0 Å². The van der Waals surface area contributed by atoms with E-state index in [1.54, 1.807) is 24.3 Å². The Labute approximate surface area is 131 Å². The third-order valence-corrected chi connectivity index (χ3v) is 3.50. The largest absolute Gasteiger partial charge is 0.508 e. The minimum absolute atomic E-state index is 0.0990. The van der Waals surface area contributed by atoms with Crippen LogP contribution in [0.1, 0.15) is 25.5 Å². The van der Waals surface area contributed by atoms with Crippen LogP contribution in [0.2, 0.25) is 0 Å². The monoisotopic (exact) mass is 301 g/mol. The molecule has 0 aliphatic heterocycles. The Morgan fingerprint density at radius 1 is 1.00 bits per heavy atom. The van der Waals surface area contributed by atoms with E-state index in [1.807, 2.05) is 44.2 Å². The molecule has 2 rings (SSSR count). The lowest BCUT2D eigenvalue weighted by molar-refractivity contribution is 0.124. The standard InChI is InChI=1S/C18H23NO3/c1-13(12-22-17-6-4-3-5-7-17)19-14(2)18(21)15-8-10-16(20)11-9-15/h3-11,13-14,18-21H,12H2,1-2H3/t13-,14-,18+/m0/s1. The van der Waals surface area contributed by atoms with Gasteiger partial charge in [0.1, 0.15) is 18.1 Å². The highest BCUT2D eigenvalue weighted by Gasteiger charge is 2.18. The molecule has 0 fully saturated rings. The fourth-order valence-electron chi connectivity index (χ4n) is 2.29. The summed E-state index contributed by atoms with van der Waals surface area (Å²) in [6.07, 6.45) is -0.639. The molecule has 0 aromatic heterocycles. The Balaban J connectivity index is 1.82. The van der Waals surface area contributed by atoms with Crippen molar-refractivity contribution in [3.63, 3.8) is 0 Å². The number of phenols is 1. The summed E-state index contributed by atoms with van der Waals surface area (Å²) in [6, 6.07) is 16.2. The summed E-state index contributed by atoms with van der Waals surface area (Å²) < 4.78 is 5.69. The quantitative estimate of drug-likeness (QED) is 0.736. The summed E-state index contributed by atoms with van der Waals surface area (Å²) in [5.74, 6) is 1.03. The Kier molecular flexibility index (Phi) is 5.81. The fourth-order valence-corrected chi connectivity index (χ4v) is 2.29. The van der Waals surface area contributed by atoms with Gasteiger partial charge in [-0.2, -0.15) is 0 Å². The van der Waals surface area contributed by atoms with Crippen molar-refractivity contribution in [3.05, 3.63) is 60.2 Å². The maximum Gasteiger partial charge on any atom is 0.119 e. The average molecular weight is 301 g/mol. The van der Waals surface area contributed by atoms with Gasteiger partial charge in [-0.1, -0.05) is 30.3 Å². The van der Waals surface area contributed by atoms with Crippen LogP contribution in [-0.2, 0) is 0 Å². The highest BCUT2D eigenvalue weighted by molar-refractivity contribution is 5.28. The van der Waals surface area contributed by atoms with Crippen molar-refractivity contribution in [3.8, 4) is 11.5 Å². The number of nitrogens with one attached hydrogen (secondary N) is 1. The number of hydrogen-bond acceptors (Lipinski definition) is 4. The molecular formula is C18H23NO3. The molecule has 2 aromatic carbocycles. The molecule has 2 aromatic rings. The Morgan fingerprint density at radius 2 is 1.64 bits per heavy atom. The molecule has 3 N–H and O–H groups in total. The Morgan fingerprint density at radius 3 is 2.27 bits per heavy atom. The predicted octanol–water partition coefficient (Wildman–Crippen LogP) is 2.87. The SMILES string of the molecule is C[C@H](N[C@@H](C)COc1ccccc1)[C@@H](O)c1ccc(O)cc1. The molecule has 0 spiro atoms. The molecule has 3 atom stereocenters. The van der Waals surface area contributed by atoms with Crippen molar-refractivity contribution in [2.24, 2.45) is 0 Å². The lowest BCUT2D eigenvalue weighted by atomic mass is 10.0. The van der Waals surface area contributed by atoms with Crippen LogP contribution in [0.25, 0.3) is 0 Å². The second-order valence-corrected chi connectivity index (χ2v) is 5.52. The van der Waals surface area contributed by atoms with Crippen molar-refractivity contribution >= 4 is 0 Å². The Hall–Kier alpha value is -2.04. The average Bonchev–Trinajstić information content (AvgIpc) is 2.54. The predicted molar refractivity (Wildman–Crippen MR) is 87.1 cm³/mol. The zero-order chi connectivity index (χ0) is 15.9. The normalized spacial score (nSPS) is 15.0. The molecule has 4 nitrogen and oxygen atoms in total. The molecule has 0 bridgehead atoms. The summed E-state index contributed by atoms with van der Waals surface area (Å²) in [5.41, 5.74) is 0.772. The molecule has 118 valence electrons. The maximum atomic E-state index is 10.3. The van der Waals surface area contributed by atoms with Gasteiger partial charge in [0.2, 0.25) is 0 Å². The first kappa shape index (κ1) is 16.3. The number of aliphatic hydroxyl groups is 1. The first-order chi connectivity index (χ1) is 10.6. The van der Waals surface area contributed by atoms with E-state index >= 15 is 0 Å². The molecule has 0 heterocycles. The van der Waals surface area contributed by atoms with E-state index in [1.165, 1.54) is 0 Å². The highest BCUT2D eigenvalue weighted by atomic mass is 16.5.